The molecule has 0 amide bonds. The van der Waals surface area contributed by atoms with Gasteiger partial charge in [0.1, 0.15) is 5.60 Å². The van der Waals surface area contributed by atoms with Crippen LogP contribution in [0.4, 0.5) is 0 Å². The summed E-state index contributed by atoms with van der Waals surface area (Å²) in [5.74, 6) is 0. The van der Waals surface area contributed by atoms with Crippen LogP contribution in [0.15, 0.2) is 12.7 Å². The Kier molecular flexibility index (Phi) is 12.5. The van der Waals surface area contributed by atoms with Gasteiger partial charge < -0.3 is 4.74 Å². The molecular weight excluding hydrogens is 188 g/mol. The van der Waals surface area contributed by atoms with Crippen molar-refractivity contribution in [3.63, 3.8) is 0 Å². The summed E-state index contributed by atoms with van der Waals surface area (Å²) in [4.78, 5) is 9.60. The van der Waals surface area contributed by atoms with Gasteiger partial charge in [0.2, 0.25) is 0 Å². The molecule has 0 radical (unpaired) electrons. The lowest BCUT2D eigenvalue weighted by atomic mass is 10.2. The van der Waals surface area contributed by atoms with Crippen molar-refractivity contribution in [2.24, 2.45) is 0 Å². The lowest BCUT2D eigenvalue weighted by molar-refractivity contribution is -0.138. The van der Waals surface area contributed by atoms with E-state index >= 15 is 0 Å². The number of hydrogen-bond donors (Lipinski definition) is 0. The molecule has 0 aromatic rings. The monoisotopic (exact) mass is 214 g/mol. The van der Waals surface area contributed by atoms with Crippen LogP contribution in [-0.2, 0) is 9.53 Å². The number of carbonyl (C=O) groups excluding carboxylic acids is 1. The highest BCUT2D eigenvalue weighted by molar-refractivity contribution is 5.37. The fraction of sp³-hybridized carbons (Fsp3) is 0.769. The topological polar surface area (TPSA) is 26.3 Å². The molecule has 0 unspecified atom stereocenters. The molecule has 0 aliphatic carbocycles. The van der Waals surface area contributed by atoms with Crippen LogP contribution in [0.2, 0.25) is 0 Å². The third kappa shape index (κ3) is 24.6. The Morgan fingerprint density at radius 1 is 1.20 bits per heavy atom. The smallest absolute Gasteiger partial charge is 0.293 e. The molecule has 0 spiro atoms. The van der Waals surface area contributed by atoms with E-state index in [9.17, 15) is 4.79 Å². The van der Waals surface area contributed by atoms with E-state index in [1.54, 1.807) is 0 Å². The molecule has 0 heterocycles. The van der Waals surface area contributed by atoms with E-state index in [1.165, 1.54) is 32.1 Å². The Balaban J connectivity index is 0. The van der Waals surface area contributed by atoms with Gasteiger partial charge in [-0.2, -0.15) is 0 Å². The van der Waals surface area contributed by atoms with Gasteiger partial charge in [0, 0.05) is 0 Å². The third-order valence-electron chi connectivity index (χ3n) is 1.66. The minimum absolute atomic E-state index is 0.318. The molecule has 0 saturated carbocycles. The highest BCUT2D eigenvalue weighted by Crippen LogP contribution is 2.02. The van der Waals surface area contributed by atoms with Crippen LogP contribution >= 0.6 is 0 Å². The maximum absolute atomic E-state index is 9.60. The van der Waals surface area contributed by atoms with E-state index < -0.39 is 0 Å². The highest BCUT2D eigenvalue weighted by Gasteiger charge is 2.07. The fourth-order valence-corrected chi connectivity index (χ4v) is 0.860. The second-order valence-corrected chi connectivity index (χ2v) is 4.46. The predicted molar refractivity (Wildman–Crippen MR) is 65.9 cm³/mol. The first-order valence-corrected chi connectivity index (χ1v) is 5.70. The number of rotatable bonds is 6. The Labute approximate surface area is 94.7 Å². The van der Waals surface area contributed by atoms with Gasteiger partial charge in [-0.3, -0.25) is 4.79 Å². The van der Waals surface area contributed by atoms with Crippen molar-refractivity contribution < 1.29 is 9.53 Å². The summed E-state index contributed by atoms with van der Waals surface area (Å²) in [6.07, 6.45) is 8.61. The molecule has 0 aliphatic heterocycles. The van der Waals surface area contributed by atoms with Crippen molar-refractivity contribution in [1.82, 2.24) is 0 Å². The zero-order valence-electron chi connectivity index (χ0n) is 10.7. The minimum Gasteiger partial charge on any atom is -0.462 e. The van der Waals surface area contributed by atoms with E-state index in [-0.39, 0.29) is 5.60 Å². The second-order valence-electron chi connectivity index (χ2n) is 4.46. The normalized spacial score (nSPS) is 9.87. The van der Waals surface area contributed by atoms with Crippen molar-refractivity contribution in [3.05, 3.63) is 12.7 Å². The number of unbranched alkanes of at least 4 members (excludes halogenated alkanes) is 4. The molecule has 2 heteroatoms. The first-order valence-electron chi connectivity index (χ1n) is 5.70. The van der Waals surface area contributed by atoms with E-state index in [0.29, 0.717) is 6.47 Å². The number of hydrogen-bond acceptors (Lipinski definition) is 2. The Morgan fingerprint density at radius 2 is 1.80 bits per heavy atom. The molecule has 2 nitrogen and oxygen atoms in total. The molecule has 90 valence electrons. The second kappa shape index (κ2) is 11.3. The van der Waals surface area contributed by atoms with Crippen LogP contribution in [0.1, 0.15) is 59.8 Å². The molecule has 0 rings (SSSR count). The molecule has 0 N–H and O–H groups in total. The molecule has 0 fully saturated rings. The molecular formula is C13H26O2. The van der Waals surface area contributed by atoms with Gasteiger partial charge in [-0.25, -0.2) is 0 Å². The van der Waals surface area contributed by atoms with Crippen LogP contribution in [0, 0.1) is 0 Å². The molecule has 15 heavy (non-hydrogen) atoms. The van der Waals surface area contributed by atoms with Gasteiger partial charge in [-0.1, -0.05) is 32.3 Å². The van der Waals surface area contributed by atoms with E-state index in [4.69, 9.17) is 0 Å². The van der Waals surface area contributed by atoms with Crippen LogP contribution in [0.3, 0.4) is 0 Å². The maximum atomic E-state index is 9.60. The molecule has 0 aromatic carbocycles. The summed E-state index contributed by atoms with van der Waals surface area (Å²) in [6, 6.07) is 0. The summed E-state index contributed by atoms with van der Waals surface area (Å²) in [5, 5.41) is 0. The average Bonchev–Trinajstić information content (AvgIpc) is 2.12. The summed E-state index contributed by atoms with van der Waals surface area (Å²) in [7, 11) is 0. The predicted octanol–water partition coefficient (Wildman–Crippen LogP) is 4.10. The minimum atomic E-state index is -0.318. The fourth-order valence-electron chi connectivity index (χ4n) is 0.860. The van der Waals surface area contributed by atoms with Gasteiger partial charge in [0.15, 0.2) is 0 Å². The lowest BCUT2D eigenvalue weighted by Crippen LogP contribution is -2.17. The van der Waals surface area contributed by atoms with Crippen LogP contribution < -0.4 is 0 Å². The van der Waals surface area contributed by atoms with Crippen molar-refractivity contribution in [1.29, 1.82) is 0 Å². The number of ether oxygens (including phenoxy) is 1. The number of allylic oxidation sites excluding steroid dienone is 1. The quantitative estimate of drug-likeness (QED) is 0.378. The van der Waals surface area contributed by atoms with Gasteiger partial charge in [0.25, 0.3) is 6.47 Å². The maximum Gasteiger partial charge on any atom is 0.293 e. The van der Waals surface area contributed by atoms with Gasteiger partial charge >= 0.3 is 0 Å². The molecule has 0 bridgehead atoms. The van der Waals surface area contributed by atoms with Crippen molar-refractivity contribution >= 4 is 6.47 Å². The van der Waals surface area contributed by atoms with Gasteiger partial charge in [-0.05, 0) is 33.6 Å². The standard InChI is InChI=1S/C8H16.C5H10O2/c1-3-5-7-8-6-4-2;1-5(2,3)7-4-6/h3H,1,4-8H2,2H3;4H,1-3H3. The van der Waals surface area contributed by atoms with Crippen molar-refractivity contribution in [2.45, 2.75) is 65.4 Å². The Hall–Kier alpha value is -0.790. The Bertz CT molecular complexity index is 145. The molecule has 0 aromatic heterocycles. The van der Waals surface area contributed by atoms with Crippen LogP contribution in [-0.4, -0.2) is 12.1 Å². The molecule has 0 saturated heterocycles. The van der Waals surface area contributed by atoms with E-state index in [0.717, 1.165) is 0 Å². The first kappa shape index (κ1) is 16.6. The summed E-state index contributed by atoms with van der Waals surface area (Å²) in [5.41, 5.74) is -0.318. The SMILES string of the molecule is C=CCCCCCC.CC(C)(C)OC=O. The van der Waals surface area contributed by atoms with Crippen LogP contribution in [0.5, 0.6) is 0 Å². The van der Waals surface area contributed by atoms with E-state index in [1.807, 2.05) is 26.8 Å². The Morgan fingerprint density at radius 3 is 2.07 bits per heavy atom. The lowest BCUT2D eigenvalue weighted by Gasteiger charge is -2.14. The highest BCUT2D eigenvalue weighted by atomic mass is 16.5. The van der Waals surface area contributed by atoms with Gasteiger partial charge in [0.05, 0.1) is 0 Å². The van der Waals surface area contributed by atoms with Gasteiger partial charge in [-0.15, -0.1) is 6.58 Å². The zero-order valence-corrected chi connectivity index (χ0v) is 10.7. The first-order chi connectivity index (χ1) is 6.97. The summed E-state index contributed by atoms with van der Waals surface area (Å²) >= 11 is 0. The van der Waals surface area contributed by atoms with Crippen molar-refractivity contribution in [3.8, 4) is 0 Å². The zero-order chi connectivity index (χ0) is 12.2. The number of carbonyl (C=O) groups is 1. The largest absolute Gasteiger partial charge is 0.462 e. The van der Waals surface area contributed by atoms with Crippen LogP contribution in [0.25, 0.3) is 0 Å². The average molecular weight is 214 g/mol. The molecule has 0 aliphatic rings. The summed E-state index contributed by atoms with van der Waals surface area (Å²) in [6.45, 7) is 11.8. The molecule has 0 atom stereocenters. The third-order valence-corrected chi connectivity index (χ3v) is 1.66. The summed E-state index contributed by atoms with van der Waals surface area (Å²) < 4.78 is 4.55. The van der Waals surface area contributed by atoms with Crippen molar-refractivity contribution in [2.75, 3.05) is 0 Å². The van der Waals surface area contributed by atoms with E-state index in [2.05, 4.69) is 18.2 Å².